The van der Waals surface area contributed by atoms with Crippen LogP contribution in [0.5, 0.6) is 0 Å². The van der Waals surface area contributed by atoms with Gasteiger partial charge in [0.15, 0.2) is 0 Å². The summed E-state index contributed by atoms with van der Waals surface area (Å²) in [4.78, 5) is 21.9. The highest BCUT2D eigenvalue weighted by Crippen LogP contribution is 2.48. The SMILES string of the molecule is CSNC1C2CN(c3ncnc4c3CN(c3cc(Cl)nc5[nH]ccc35)C(C)C4)CC21. The highest BCUT2D eigenvalue weighted by atomic mass is 35.5. The summed E-state index contributed by atoms with van der Waals surface area (Å²) in [7, 11) is 0. The molecule has 0 amide bonds. The second-order valence-corrected chi connectivity index (χ2v) is 9.62. The molecule has 3 unspecified atom stereocenters. The van der Waals surface area contributed by atoms with Crippen LogP contribution < -0.4 is 14.5 Å². The maximum Gasteiger partial charge on any atom is 0.141 e. The van der Waals surface area contributed by atoms with E-state index < -0.39 is 0 Å². The second kappa shape index (κ2) is 7.00. The number of hydrogen-bond donors (Lipinski definition) is 2. The van der Waals surface area contributed by atoms with E-state index in [1.165, 1.54) is 11.3 Å². The van der Waals surface area contributed by atoms with Gasteiger partial charge in [-0.25, -0.2) is 15.0 Å². The van der Waals surface area contributed by atoms with Crippen molar-refractivity contribution in [2.45, 2.75) is 32.0 Å². The Kier molecular flexibility index (Phi) is 4.37. The number of hydrogen-bond acceptors (Lipinski definition) is 7. The molecule has 3 aliphatic rings. The minimum atomic E-state index is 0.318. The van der Waals surface area contributed by atoms with E-state index in [2.05, 4.69) is 48.7 Å². The molecule has 0 radical (unpaired) electrons. The Hall–Kier alpha value is -2.03. The molecule has 5 heterocycles. The quantitative estimate of drug-likeness (QED) is 0.475. The Labute approximate surface area is 184 Å². The number of nitrogens with one attached hydrogen (secondary N) is 2. The smallest absolute Gasteiger partial charge is 0.141 e. The molecule has 2 fully saturated rings. The number of anilines is 2. The molecule has 0 bridgehead atoms. The van der Waals surface area contributed by atoms with Gasteiger partial charge in [0.2, 0.25) is 0 Å². The largest absolute Gasteiger partial charge is 0.363 e. The average molecular weight is 442 g/mol. The fourth-order valence-corrected chi connectivity index (χ4v) is 6.13. The van der Waals surface area contributed by atoms with E-state index in [9.17, 15) is 0 Å². The number of aromatic amines is 1. The molecule has 2 N–H and O–H groups in total. The first-order chi connectivity index (χ1) is 14.6. The number of piperidine rings is 1. The molecule has 3 atom stereocenters. The van der Waals surface area contributed by atoms with Crippen LogP contribution in [0.25, 0.3) is 11.0 Å². The number of H-pyrrole nitrogens is 1. The standard InChI is InChI=1S/C21H24ClN7S/c1-11-5-16-15(9-29(11)17-6-18(22)26-20-12(17)3-4-23-20)21(25-10-24-16)28-7-13-14(8-28)19(13)27-30-2/h3-4,6,10-11,13-14,19,27H,5,7-9H2,1-2H3,(H,23,26). The van der Waals surface area contributed by atoms with E-state index in [1.807, 2.05) is 12.3 Å². The van der Waals surface area contributed by atoms with Crippen molar-refractivity contribution in [2.24, 2.45) is 11.8 Å². The summed E-state index contributed by atoms with van der Waals surface area (Å²) < 4.78 is 3.54. The highest BCUT2D eigenvalue weighted by molar-refractivity contribution is 7.96. The summed E-state index contributed by atoms with van der Waals surface area (Å²) in [5, 5.41) is 1.61. The topological polar surface area (TPSA) is 73.0 Å². The minimum absolute atomic E-state index is 0.318. The number of rotatable bonds is 4. The summed E-state index contributed by atoms with van der Waals surface area (Å²) in [6.07, 6.45) is 6.67. The molecular weight excluding hydrogens is 418 g/mol. The third-order valence-electron chi connectivity index (χ3n) is 6.89. The lowest BCUT2D eigenvalue weighted by molar-refractivity contribution is 0.577. The van der Waals surface area contributed by atoms with Gasteiger partial charge in [-0.3, -0.25) is 4.72 Å². The maximum atomic E-state index is 6.34. The predicted octanol–water partition coefficient (Wildman–Crippen LogP) is 3.26. The van der Waals surface area contributed by atoms with Gasteiger partial charge in [-0.15, -0.1) is 0 Å². The second-order valence-electron chi connectivity index (χ2n) is 8.59. The third-order valence-corrected chi connectivity index (χ3v) is 7.60. The molecule has 3 aromatic heterocycles. The molecular formula is C21H24ClN7S. The van der Waals surface area contributed by atoms with Gasteiger partial charge in [0.25, 0.3) is 0 Å². The number of fused-ring (bicyclic) bond motifs is 3. The van der Waals surface area contributed by atoms with Crippen LogP contribution in [0.2, 0.25) is 5.15 Å². The Morgan fingerprint density at radius 1 is 1.27 bits per heavy atom. The Morgan fingerprint density at radius 3 is 2.90 bits per heavy atom. The molecule has 1 saturated heterocycles. The molecule has 7 nitrogen and oxygen atoms in total. The van der Waals surface area contributed by atoms with Gasteiger partial charge in [0, 0.05) is 55.3 Å². The van der Waals surface area contributed by atoms with Gasteiger partial charge < -0.3 is 14.8 Å². The molecule has 0 spiro atoms. The number of pyridine rings is 1. The van der Waals surface area contributed by atoms with Crippen molar-refractivity contribution in [2.75, 3.05) is 29.1 Å². The van der Waals surface area contributed by atoms with E-state index in [4.69, 9.17) is 16.6 Å². The van der Waals surface area contributed by atoms with Crippen molar-refractivity contribution >= 4 is 46.1 Å². The average Bonchev–Trinajstić information content (AvgIpc) is 3.11. The van der Waals surface area contributed by atoms with Crippen molar-refractivity contribution in [1.29, 1.82) is 0 Å². The van der Waals surface area contributed by atoms with E-state index in [1.54, 1.807) is 18.3 Å². The molecule has 9 heteroatoms. The van der Waals surface area contributed by atoms with E-state index in [0.717, 1.165) is 60.4 Å². The monoisotopic (exact) mass is 441 g/mol. The fraction of sp³-hybridized carbons (Fsp3) is 0.476. The van der Waals surface area contributed by atoms with Gasteiger partial charge in [0.1, 0.15) is 22.9 Å². The highest BCUT2D eigenvalue weighted by Gasteiger charge is 2.56. The lowest BCUT2D eigenvalue weighted by Crippen LogP contribution is -2.40. The van der Waals surface area contributed by atoms with Gasteiger partial charge in [-0.1, -0.05) is 23.5 Å². The van der Waals surface area contributed by atoms with Crippen molar-refractivity contribution in [3.8, 4) is 0 Å². The van der Waals surface area contributed by atoms with Crippen molar-refractivity contribution < 1.29 is 0 Å². The van der Waals surface area contributed by atoms with Crippen molar-refractivity contribution in [3.63, 3.8) is 0 Å². The van der Waals surface area contributed by atoms with E-state index in [-0.39, 0.29) is 0 Å². The first kappa shape index (κ1) is 18.7. The van der Waals surface area contributed by atoms with E-state index in [0.29, 0.717) is 17.2 Å². The molecule has 30 heavy (non-hydrogen) atoms. The minimum Gasteiger partial charge on any atom is -0.363 e. The van der Waals surface area contributed by atoms with Crippen LogP contribution in [0.1, 0.15) is 18.2 Å². The number of nitrogens with zero attached hydrogens (tertiary/aromatic N) is 5. The molecule has 6 rings (SSSR count). The lowest BCUT2D eigenvalue weighted by atomic mass is 9.98. The van der Waals surface area contributed by atoms with Crippen molar-refractivity contribution in [3.05, 3.63) is 41.1 Å². The van der Waals surface area contributed by atoms with Crippen LogP contribution in [-0.4, -0.2) is 51.4 Å². The Bertz CT molecular complexity index is 1110. The van der Waals surface area contributed by atoms with Crippen LogP contribution in [0.15, 0.2) is 24.7 Å². The zero-order valence-corrected chi connectivity index (χ0v) is 18.5. The summed E-state index contributed by atoms with van der Waals surface area (Å²) >= 11 is 8.08. The Morgan fingerprint density at radius 2 is 2.10 bits per heavy atom. The maximum absolute atomic E-state index is 6.34. The zero-order chi connectivity index (χ0) is 20.4. The fourth-order valence-electron chi connectivity index (χ4n) is 5.32. The molecule has 3 aromatic rings. The zero-order valence-electron chi connectivity index (χ0n) is 17.0. The summed E-state index contributed by atoms with van der Waals surface area (Å²) in [6, 6.07) is 5.03. The van der Waals surface area contributed by atoms with Crippen LogP contribution in [-0.2, 0) is 13.0 Å². The Balaban J connectivity index is 1.33. The van der Waals surface area contributed by atoms with Gasteiger partial charge in [-0.05, 0) is 37.1 Å². The van der Waals surface area contributed by atoms with Gasteiger partial charge >= 0.3 is 0 Å². The predicted molar refractivity (Wildman–Crippen MR) is 122 cm³/mol. The third kappa shape index (κ3) is 2.88. The molecule has 1 aliphatic carbocycles. The summed E-state index contributed by atoms with van der Waals surface area (Å²) in [5.74, 6) is 2.58. The van der Waals surface area contributed by atoms with Crippen LogP contribution in [0.4, 0.5) is 11.5 Å². The number of aromatic nitrogens is 4. The first-order valence-electron chi connectivity index (χ1n) is 10.4. The molecule has 1 saturated carbocycles. The normalized spacial score (nSPS) is 27.4. The number of halogens is 1. The summed E-state index contributed by atoms with van der Waals surface area (Å²) in [6.45, 7) is 5.18. The van der Waals surface area contributed by atoms with Crippen LogP contribution >= 0.6 is 23.5 Å². The molecule has 2 aliphatic heterocycles. The summed E-state index contributed by atoms with van der Waals surface area (Å²) in [5.41, 5.74) is 4.37. The van der Waals surface area contributed by atoms with E-state index >= 15 is 0 Å². The first-order valence-corrected chi connectivity index (χ1v) is 12.0. The van der Waals surface area contributed by atoms with Crippen molar-refractivity contribution in [1.82, 2.24) is 24.7 Å². The lowest BCUT2D eigenvalue weighted by Gasteiger charge is -2.38. The van der Waals surface area contributed by atoms with Gasteiger partial charge in [-0.2, -0.15) is 0 Å². The molecule has 0 aromatic carbocycles. The van der Waals surface area contributed by atoms with Gasteiger partial charge in [0.05, 0.1) is 11.4 Å². The van der Waals surface area contributed by atoms with Crippen LogP contribution in [0.3, 0.4) is 0 Å². The van der Waals surface area contributed by atoms with Crippen LogP contribution in [0, 0.1) is 11.8 Å². The molecule has 156 valence electrons.